The number of morpholine rings is 1. The van der Waals surface area contributed by atoms with E-state index in [1.165, 1.54) is 12.8 Å². The lowest BCUT2D eigenvalue weighted by Gasteiger charge is -2.28. The van der Waals surface area contributed by atoms with E-state index >= 15 is 0 Å². The van der Waals surface area contributed by atoms with Gasteiger partial charge in [0, 0.05) is 49.5 Å². The smallest absolute Gasteiger partial charge is 0.163 e. The lowest BCUT2D eigenvalue weighted by Crippen LogP contribution is -2.37. The van der Waals surface area contributed by atoms with Crippen LogP contribution in [-0.4, -0.2) is 54.5 Å². The van der Waals surface area contributed by atoms with Crippen LogP contribution in [0, 0.1) is 5.92 Å². The summed E-state index contributed by atoms with van der Waals surface area (Å²) in [4.78, 5) is 20.5. The molecule has 0 radical (unpaired) electrons. The van der Waals surface area contributed by atoms with E-state index in [1.54, 1.807) is 13.3 Å². The van der Waals surface area contributed by atoms with Crippen LogP contribution in [0.5, 0.6) is 0 Å². The van der Waals surface area contributed by atoms with Crippen molar-refractivity contribution in [2.24, 2.45) is 10.9 Å². The number of pyridine rings is 1. The second-order valence-corrected chi connectivity index (χ2v) is 8.25. The first kappa shape index (κ1) is 21.9. The molecule has 0 amide bonds. The summed E-state index contributed by atoms with van der Waals surface area (Å²) in [5.41, 5.74) is 6.09. The molecule has 7 heteroatoms. The van der Waals surface area contributed by atoms with Gasteiger partial charge in [0.1, 0.15) is 5.52 Å². The molecule has 1 saturated carbocycles. The van der Waals surface area contributed by atoms with Gasteiger partial charge < -0.3 is 15.0 Å². The van der Waals surface area contributed by atoms with Crippen molar-refractivity contribution in [2.75, 3.05) is 38.3 Å². The Balaban J connectivity index is 1.69. The molecule has 0 bridgehead atoms. The minimum atomic E-state index is 0.553. The number of ether oxygens (including phenoxy) is 1. The van der Waals surface area contributed by atoms with Crippen molar-refractivity contribution in [3.63, 3.8) is 0 Å². The van der Waals surface area contributed by atoms with Crippen molar-refractivity contribution in [1.82, 2.24) is 20.3 Å². The minimum absolute atomic E-state index is 0.553. The van der Waals surface area contributed by atoms with E-state index < -0.39 is 0 Å². The number of allylic oxidation sites excluding steroid dienone is 4. The van der Waals surface area contributed by atoms with Crippen molar-refractivity contribution >= 4 is 34.2 Å². The van der Waals surface area contributed by atoms with E-state index in [-0.39, 0.29) is 0 Å². The van der Waals surface area contributed by atoms with Gasteiger partial charge in [0.2, 0.25) is 0 Å². The first-order chi connectivity index (χ1) is 15.5. The molecule has 2 fully saturated rings. The second kappa shape index (κ2) is 9.44. The standard InChI is InChI=1S/C25H30N6O/c1-16(12-18(3)28-19(4)20-6-7-20)21-13-22-23(27-15-21)25(31-8-10-32-11-9-31)30-24(29-22)17(2)14-26-5/h12-15,20,28H,2-4,6-11H2,1,5H3/b16-12+,26-14?. The third kappa shape index (κ3) is 4.94. The fourth-order valence-electron chi connectivity index (χ4n) is 3.69. The number of anilines is 1. The highest BCUT2D eigenvalue weighted by molar-refractivity contribution is 6.08. The second-order valence-electron chi connectivity index (χ2n) is 8.25. The summed E-state index contributed by atoms with van der Waals surface area (Å²) in [5.74, 6) is 1.94. The number of nitrogens with zero attached hydrogens (tertiary/aromatic N) is 5. The van der Waals surface area contributed by atoms with E-state index in [4.69, 9.17) is 19.7 Å². The quantitative estimate of drug-likeness (QED) is 0.504. The summed E-state index contributed by atoms with van der Waals surface area (Å²) in [6, 6.07) is 2.04. The molecule has 0 unspecified atom stereocenters. The number of hydrogen-bond acceptors (Lipinski definition) is 7. The maximum Gasteiger partial charge on any atom is 0.163 e. The number of nitrogens with one attached hydrogen (secondary N) is 1. The molecule has 2 aromatic heterocycles. The number of fused-ring (bicyclic) bond motifs is 1. The zero-order chi connectivity index (χ0) is 22.7. The summed E-state index contributed by atoms with van der Waals surface area (Å²) < 4.78 is 5.51. The van der Waals surface area contributed by atoms with Crippen LogP contribution in [0.4, 0.5) is 5.82 Å². The zero-order valence-electron chi connectivity index (χ0n) is 18.9. The molecule has 32 heavy (non-hydrogen) atoms. The first-order valence-electron chi connectivity index (χ1n) is 10.9. The van der Waals surface area contributed by atoms with Crippen LogP contribution >= 0.6 is 0 Å². The van der Waals surface area contributed by atoms with Gasteiger partial charge in [0.05, 0.1) is 18.7 Å². The minimum Gasteiger partial charge on any atom is -0.378 e. The molecule has 7 nitrogen and oxygen atoms in total. The lowest BCUT2D eigenvalue weighted by atomic mass is 10.1. The maximum absolute atomic E-state index is 5.51. The summed E-state index contributed by atoms with van der Waals surface area (Å²) in [6.45, 7) is 17.2. The van der Waals surface area contributed by atoms with Crippen LogP contribution in [-0.2, 0) is 4.74 Å². The predicted octanol–water partition coefficient (Wildman–Crippen LogP) is 4.01. The van der Waals surface area contributed by atoms with Gasteiger partial charge in [-0.2, -0.15) is 0 Å². The van der Waals surface area contributed by atoms with E-state index in [9.17, 15) is 0 Å². The third-order valence-corrected chi connectivity index (χ3v) is 5.64. The Hall–Kier alpha value is -3.32. The van der Waals surface area contributed by atoms with Crippen LogP contribution in [0.15, 0.2) is 54.5 Å². The maximum atomic E-state index is 5.51. The Labute approximate surface area is 189 Å². The van der Waals surface area contributed by atoms with Crippen molar-refractivity contribution in [3.8, 4) is 0 Å². The van der Waals surface area contributed by atoms with Gasteiger partial charge in [0.15, 0.2) is 11.6 Å². The van der Waals surface area contributed by atoms with Crippen LogP contribution in [0.2, 0.25) is 0 Å². The molecule has 0 aromatic carbocycles. The third-order valence-electron chi connectivity index (χ3n) is 5.64. The lowest BCUT2D eigenvalue weighted by molar-refractivity contribution is 0.122. The fraction of sp³-hybridized carbons (Fsp3) is 0.360. The first-order valence-corrected chi connectivity index (χ1v) is 10.9. The summed E-state index contributed by atoms with van der Waals surface area (Å²) >= 11 is 0. The molecule has 2 aromatic rings. The normalized spacial score (nSPS) is 17.1. The topological polar surface area (TPSA) is 75.5 Å². The van der Waals surface area contributed by atoms with Crippen LogP contribution < -0.4 is 10.2 Å². The average Bonchev–Trinajstić information content (AvgIpc) is 3.64. The molecule has 166 valence electrons. The van der Waals surface area contributed by atoms with Gasteiger partial charge in [-0.3, -0.25) is 9.98 Å². The highest BCUT2D eigenvalue weighted by atomic mass is 16.5. The van der Waals surface area contributed by atoms with Gasteiger partial charge in [-0.05, 0) is 49.0 Å². The molecular weight excluding hydrogens is 400 g/mol. The van der Waals surface area contributed by atoms with Gasteiger partial charge in [0.25, 0.3) is 0 Å². The van der Waals surface area contributed by atoms with Gasteiger partial charge >= 0.3 is 0 Å². The molecule has 2 aliphatic rings. The summed E-state index contributed by atoms with van der Waals surface area (Å²) in [7, 11) is 1.71. The molecule has 1 aliphatic heterocycles. The van der Waals surface area contributed by atoms with Gasteiger partial charge in [-0.15, -0.1) is 0 Å². The van der Waals surface area contributed by atoms with Crippen LogP contribution in [0.1, 0.15) is 31.2 Å². The number of rotatable bonds is 8. The van der Waals surface area contributed by atoms with E-state index in [0.29, 0.717) is 30.5 Å². The van der Waals surface area contributed by atoms with Gasteiger partial charge in [-0.1, -0.05) is 19.7 Å². The fourth-order valence-corrected chi connectivity index (χ4v) is 3.69. The molecule has 1 saturated heterocycles. The Bertz CT molecular complexity index is 1120. The molecule has 3 heterocycles. The zero-order valence-corrected chi connectivity index (χ0v) is 18.9. The highest BCUT2D eigenvalue weighted by Crippen LogP contribution is 2.34. The van der Waals surface area contributed by atoms with Crippen LogP contribution in [0.25, 0.3) is 22.2 Å². The number of hydrogen-bond donors (Lipinski definition) is 1. The highest BCUT2D eigenvalue weighted by Gasteiger charge is 2.24. The van der Waals surface area contributed by atoms with Crippen LogP contribution in [0.3, 0.4) is 0 Å². The van der Waals surface area contributed by atoms with Crippen molar-refractivity contribution < 1.29 is 4.74 Å². The van der Waals surface area contributed by atoms with Gasteiger partial charge in [-0.25, -0.2) is 9.97 Å². The number of aromatic nitrogens is 3. The Morgan fingerprint density at radius 2 is 1.97 bits per heavy atom. The summed E-state index contributed by atoms with van der Waals surface area (Å²) in [6.07, 6.45) is 7.97. The van der Waals surface area contributed by atoms with Crippen molar-refractivity contribution in [3.05, 3.63) is 60.9 Å². The monoisotopic (exact) mass is 430 g/mol. The van der Waals surface area contributed by atoms with E-state index in [0.717, 1.165) is 52.5 Å². The van der Waals surface area contributed by atoms with E-state index in [2.05, 4.69) is 34.9 Å². The number of aliphatic imine (C=N–C) groups is 1. The Morgan fingerprint density at radius 1 is 1.22 bits per heavy atom. The molecule has 0 spiro atoms. The van der Waals surface area contributed by atoms with Crippen molar-refractivity contribution in [2.45, 2.75) is 19.8 Å². The SMILES string of the molecule is C=C(/C=C(\C)c1cnc2c(N3CCOCC3)nc(C(=C)C=NC)nc2c1)NC(=C)C1CC1. The average molecular weight is 431 g/mol. The predicted molar refractivity (Wildman–Crippen MR) is 132 cm³/mol. The molecule has 1 N–H and O–H groups in total. The molecule has 0 atom stereocenters. The van der Waals surface area contributed by atoms with Crippen molar-refractivity contribution in [1.29, 1.82) is 0 Å². The summed E-state index contributed by atoms with van der Waals surface area (Å²) in [5, 5.41) is 3.31. The Kier molecular flexibility index (Phi) is 6.46. The largest absolute Gasteiger partial charge is 0.378 e. The molecule has 1 aliphatic carbocycles. The molecule has 4 rings (SSSR count). The van der Waals surface area contributed by atoms with E-state index in [1.807, 2.05) is 25.3 Å². The molecular formula is C25H30N6O. The Morgan fingerprint density at radius 3 is 2.66 bits per heavy atom.